The van der Waals surface area contributed by atoms with Crippen LogP contribution in [0.4, 0.5) is 14.5 Å². The Labute approximate surface area is 239 Å². The molecule has 0 bridgehead atoms. The summed E-state index contributed by atoms with van der Waals surface area (Å²) < 4.78 is 27.8. The molecule has 40 heavy (non-hydrogen) atoms. The van der Waals surface area contributed by atoms with E-state index in [0.29, 0.717) is 41.4 Å². The smallest absolute Gasteiger partial charge is 0.275 e. The van der Waals surface area contributed by atoms with Gasteiger partial charge in [-0.1, -0.05) is 36.4 Å². The molecular weight excluding hydrogens is 550 g/mol. The quantitative estimate of drug-likeness (QED) is 0.227. The van der Waals surface area contributed by atoms with Crippen LogP contribution in [0.25, 0.3) is 11.1 Å². The van der Waals surface area contributed by atoms with Gasteiger partial charge >= 0.3 is 0 Å². The maximum atomic E-state index is 13.9. The van der Waals surface area contributed by atoms with Crippen molar-refractivity contribution < 1.29 is 18.4 Å². The van der Waals surface area contributed by atoms with Gasteiger partial charge in [0.15, 0.2) is 0 Å². The summed E-state index contributed by atoms with van der Waals surface area (Å²) in [7, 11) is 0. The topological polar surface area (TPSA) is 75.2 Å². The Morgan fingerprint density at radius 2 is 1.82 bits per heavy atom. The van der Waals surface area contributed by atoms with Crippen LogP contribution in [0, 0.1) is 0 Å². The Balaban J connectivity index is 1.19. The lowest BCUT2D eigenvalue weighted by Crippen LogP contribution is -2.38. The summed E-state index contributed by atoms with van der Waals surface area (Å²) in [4.78, 5) is 37.3. The van der Waals surface area contributed by atoms with Crippen LogP contribution in [0.5, 0.6) is 0 Å². The van der Waals surface area contributed by atoms with Gasteiger partial charge in [-0.15, -0.1) is 23.1 Å². The number of amides is 2. The second-order valence-electron chi connectivity index (χ2n) is 9.67. The fraction of sp³-hybridized carbons (Fsp3) is 0.267. The van der Waals surface area contributed by atoms with Crippen LogP contribution < -0.4 is 5.32 Å². The molecule has 0 spiro atoms. The third kappa shape index (κ3) is 6.74. The van der Waals surface area contributed by atoms with Crippen LogP contribution in [0.2, 0.25) is 0 Å². The van der Waals surface area contributed by atoms with Crippen LogP contribution in [-0.2, 0) is 10.7 Å². The normalized spacial score (nSPS) is 14.2. The van der Waals surface area contributed by atoms with Crippen molar-refractivity contribution in [2.24, 2.45) is 0 Å². The zero-order valence-corrected chi connectivity index (χ0v) is 23.5. The van der Waals surface area contributed by atoms with Crippen LogP contribution in [0.15, 0.2) is 83.3 Å². The first kappa shape index (κ1) is 27.9. The molecule has 2 amide bonds. The van der Waals surface area contributed by atoms with E-state index in [1.54, 1.807) is 54.2 Å². The number of hydrogen-bond acceptors (Lipinski definition) is 6. The number of piperidine rings is 1. The van der Waals surface area contributed by atoms with Gasteiger partial charge in [-0.25, -0.2) is 13.8 Å². The first-order chi connectivity index (χ1) is 19.3. The number of carbonyl (C=O) groups is 2. The van der Waals surface area contributed by atoms with E-state index in [-0.39, 0.29) is 23.3 Å². The number of aromatic nitrogens is 2. The number of alkyl halides is 2. The molecule has 2 aromatic heterocycles. The summed E-state index contributed by atoms with van der Waals surface area (Å²) in [6, 6.07) is 17.1. The Bertz CT molecular complexity index is 1480. The highest BCUT2D eigenvalue weighted by Crippen LogP contribution is 2.34. The Hall–Kier alpha value is -3.63. The van der Waals surface area contributed by atoms with Crippen molar-refractivity contribution in [3.05, 3.63) is 94.7 Å². The minimum absolute atomic E-state index is 0.0875. The van der Waals surface area contributed by atoms with Gasteiger partial charge in [0.1, 0.15) is 5.69 Å². The lowest BCUT2D eigenvalue weighted by atomic mass is 9.97. The fourth-order valence-corrected chi connectivity index (χ4v) is 6.37. The van der Waals surface area contributed by atoms with E-state index in [1.165, 1.54) is 35.2 Å². The average Bonchev–Trinajstić information content (AvgIpc) is 3.47. The highest BCUT2D eigenvalue weighted by Gasteiger charge is 2.27. The monoisotopic (exact) mass is 578 g/mol. The van der Waals surface area contributed by atoms with Crippen molar-refractivity contribution in [1.29, 1.82) is 0 Å². The summed E-state index contributed by atoms with van der Waals surface area (Å²) >= 11 is 2.96. The van der Waals surface area contributed by atoms with E-state index >= 15 is 0 Å². The molecule has 1 N–H and O–H groups in total. The number of carbonyl (C=O) groups excluding carboxylic acids is 2. The van der Waals surface area contributed by atoms with Crippen molar-refractivity contribution >= 4 is 40.6 Å². The van der Waals surface area contributed by atoms with Crippen LogP contribution in [-0.4, -0.2) is 45.5 Å². The highest BCUT2D eigenvalue weighted by molar-refractivity contribution is 8.00. The number of halogens is 2. The molecule has 10 heteroatoms. The maximum Gasteiger partial charge on any atom is 0.275 e. The minimum atomic E-state index is -2.96. The van der Waals surface area contributed by atoms with Gasteiger partial charge in [-0.3, -0.25) is 14.6 Å². The van der Waals surface area contributed by atoms with E-state index in [4.69, 9.17) is 0 Å². The molecule has 206 valence electrons. The largest absolute Gasteiger partial charge is 0.342 e. The number of hydrogen-bond donors (Lipinski definition) is 1. The summed E-state index contributed by atoms with van der Waals surface area (Å²) in [6.45, 7) is 2.18. The number of anilines is 1. The van der Waals surface area contributed by atoms with Crippen molar-refractivity contribution in [2.75, 3.05) is 24.2 Å². The number of thioether (sulfide) groups is 1. The first-order valence-corrected chi connectivity index (χ1v) is 14.8. The molecule has 6 nitrogen and oxygen atoms in total. The van der Waals surface area contributed by atoms with Crippen molar-refractivity contribution in [2.45, 2.75) is 36.5 Å². The Morgan fingerprint density at radius 1 is 1.07 bits per heavy atom. The Kier molecular flexibility index (Phi) is 8.56. The molecule has 0 atom stereocenters. The van der Waals surface area contributed by atoms with Crippen LogP contribution >= 0.6 is 23.1 Å². The number of para-hydroxylation sites is 1. The second kappa shape index (κ2) is 12.3. The molecule has 1 aliphatic heterocycles. The Morgan fingerprint density at radius 3 is 2.58 bits per heavy atom. The number of thiazole rings is 1. The summed E-state index contributed by atoms with van der Waals surface area (Å²) in [5, 5.41) is 5.54. The van der Waals surface area contributed by atoms with Crippen LogP contribution in [0.1, 0.15) is 46.7 Å². The summed E-state index contributed by atoms with van der Waals surface area (Å²) in [5.41, 5.74) is 1.99. The molecule has 1 saturated heterocycles. The van der Waals surface area contributed by atoms with Gasteiger partial charge in [0, 0.05) is 65.4 Å². The van der Waals surface area contributed by atoms with Gasteiger partial charge in [-0.2, -0.15) is 0 Å². The SMILES string of the molecule is CC(F)(F)c1cccc(-c2ccccc2NC(=O)c2csc(C3CCN(C(=O)CSc4ccncc4)CC3)n2)c1. The number of benzene rings is 2. The summed E-state index contributed by atoms with van der Waals surface area (Å²) in [5.74, 6) is -2.62. The first-order valence-electron chi connectivity index (χ1n) is 12.9. The standard InChI is InChI=1S/C30H28F2N4O2S2/c1-30(31,32)22-6-4-5-21(17-22)24-7-2-3-8-25(24)34-28(38)26-18-40-29(35-26)20-11-15-36(16-12-20)27(37)19-39-23-9-13-33-14-10-23/h2-10,13-14,17-18,20H,11-12,15-16,19H2,1H3,(H,34,38). The lowest BCUT2D eigenvalue weighted by Gasteiger charge is -2.31. The number of nitrogens with zero attached hydrogens (tertiary/aromatic N) is 3. The lowest BCUT2D eigenvalue weighted by molar-refractivity contribution is -0.129. The summed E-state index contributed by atoms with van der Waals surface area (Å²) in [6.07, 6.45) is 5.02. The molecule has 4 aromatic rings. The fourth-order valence-electron chi connectivity index (χ4n) is 4.62. The van der Waals surface area contributed by atoms with E-state index in [9.17, 15) is 18.4 Å². The molecule has 0 unspecified atom stereocenters. The predicted molar refractivity (Wildman–Crippen MR) is 155 cm³/mol. The van der Waals surface area contributed by atoms with Gasteiger partial charge < -0.3 is 10.2 Å². The third-order valence-corrected chi connectivity index (χ3v) is 8.82. The van der Waals surface area contributed by atoms with Gasteiger partial charge in [0.25, 0.3) is 11.8 Å². The number of nitrogens with one attached hydrogen (secondary N) is 1. The van der Waals surface area contributed by atoms with E-state index in [0.717, 1.165) is 29.7 Å². The molecule has 1 fully saturated rings. The van der Waals surface area contributed by atoms with Gasteiger partial charge in [0.2, 0.25) is 5.91 Å². The molecule has 0 saturated carbocycles. The van der Waals surface area contributed by atoms with E-state index in [2.05, 4.69) is 15.3 Å². The zero-order valence-electron chi connectivity index (χ0n) is 21.8. The second-order valence-corrected chi connectivity index (χ2v) is 11.6. The molecule has 3 heterocycles. The van der Waals surface area contributed by atoms with Crippen molar-refractivity contribution in [1.82, 2.24) is 14.9 Å². The molecule has 2 aromatic carbocycles. The molecule has 1 aliphatic rings. The van der Waals surface area contributed by atoms with Gasteiger partial charge in [0.05, 0.1) is 10.8 Å². The molecular formula is C30H28F2N4O2S2. The van der Waals surface area contributed by atoms with Crippen LogP contribution in [0.3, 0.4) is 0 Å². The highest BCUT2D eigenvalue weighted by atomic mass is 32.2. The van der Waals surface area contributed by atoms with Gasteiger partial charge in [-0.05, 0) is 42.7 Å². The number of pyridine rings is 1. The molecule has 0 aliphatic carbocycles. The zero-order chi connectivity index (χ0) is 28.1. The number of rotatable bonds is 8. The third-order valence-electron chi connectivity index (χ3n) is 6.82. The average molecular weight is 579 g/mol. The minimum Gasteiger partial charge on any atom is -0.342 e. The molecule has 5 rings (SSSR count). The van der Waals surface area contributed by atoms with E-state index in [1.807, 2.05) is 17.0 Å². The molecule has 0 radical (unpaired) electrons. The van der Waals surface area contributed by atoms with E-state index < -0.39 is 5.92 Å². The maximum absolute atomic E-state index is 13.9. The van der Waals surface area contributed by atoms with Crippen molar-refractivity contribution in [3.8, 4) is 11.1 Å². The predicted octanol–water partition coefficient (Wildman–Crippen LogP) is 7.07. The number of likely N-dealkylation sites (tertiary alicyclic amines) is 1. The van der Waals surface area contributed by atoms with Crippen molar-refractivity contribution in [3.63, 3.8) is 0 Å².